The number of nitrogens with one attached hydrogen (secondary N) is 1. The Labute approximate surface area is 115 Å². The lowest BCUT2D eigenvalue weighted by atomic mass is 10.1. The molecule has 0 spiro atoms. The number of halogens is 3. The topological polar surface area (TPSA) is 98.5 Å². The summed E-state index contributed by atoms with van der Waals surface area (Å²) in [6.45, 7) is 1.36. The average Bonchev–Trinajstić information content (AvgIpc) is 2.37. The van der Waals surface area contributed by atoms with Gasteiger partial charge in [-0.3, -0.25) is 14.9 Å². The molecule has 21 heavy (non-hydrogen) atoms. The van der Waals surface area contributed by atoms with Crippen molar-refractivity contribution in [3.8, 4) is 0 Å². The number of esters is 1. The van der Waals surface area contributed by atoms with Gasteiger partial charge < -0.3 is 10.1 Å². The van der Waals surface area contributed by atoms with Crippen molar-refractivity contribution in [2.75, 3.05) is 11.9 Å². The van der Waals surface area contributed by atoms with Crippen LogP contribution >= 0.6 is 0 Å². The molecule has 0 aliphatic heterocycles. The smallest absolute Gasteiger partial charge is 0.423 e. The monoisotopic (exact) mass is 306 g/mol. The zero-order chi connectivity index (χ0) is 16.2. The van der Waals surface area contributed by atoms with Crippen molar-refractivity contribution in [1.29, 1.82) is 0 Å². The summed E-state index contributed by atoms with van der Waals surface area (Å²) in [6.07, 6.45) is -4.98. The lowest BCUT2D eigenvalue weighted by Crippen LogP contribution is -2.25. The highest BCUT2D eigenvalue weighted by atomic mass is 19.4. The number of hydrogen-bond donors (Lipinski definition) is 1. The average molecular weight is 306 g/mol. The number of rotatable bonds is 3. The first-order chi connectivity index (χ1) is 9.66. The van der Waals surface area contributed by atoms with E-state index in [1.807, 2.05) is 5.32 Å². The molecule has 0 bridgehead atoms. The number of hydrogen-bond acceptors (Lipinski definition) is 5. The summed E-state index contributed by atoms with van der Waals surface area (Å²) in [7, 11) is 0. The Bertz CT molecular complexity index is 586. The molecular weight excluding hydrogens is 297 g/mol. The molecule has 1 amide bonds. The number of nitro benzene ring substituents is 1. The molecule has 0 atom stereocenters. The zero-order valence-electron chi connectivity index (χ0n) is 10.6. The summed E-state index contributed by atoms with van der Waals surface area (Å²) >= 11 is 0. The van der Waals surface area contributed by atoms with Gasteiger partial charge in [-0.15, -0.1) is 0 Å². The second kappa shape index (κ2) is 6.20. The second-order valence-corrected chi connectivity index (χ2v) is 3.66. The van der Waals surface area contributed by atoms with E-state index in [4.69, 9.17) is 0 Å². The van der Waals surface area contributed by atoms with Crippen LogP contribution in [0, 0.1) is 10.1 Å². The van der Waals surface area contributed by atoms with Gasteiger partial charge >= 0.3 is 18.1 Å². The van der Waals surface area contributed by atoms with E-state index in [1.54, 1.807) is 0 Å². The maximum absolute atomic E-state index is 12.7. The van der Waals surface area contributed by atoms with Crippen molar-refractivity contribution in [1.82, 2.24) is 0 Å². The lowest BCUT2D eigenvalue weighted by Gasteiger charge is -2.10. The molecule has 7 nitrogen and oxygen atoms in total. The summed E-state index contributed by atoms with van der Waals surface area (Å²) in [6, 6.07) is 1.84. The van der Waals surface area contributed by atoms with Gasteiger partial charge in [0.25, 0.3) is 5.69 Å². The molecular formula is C11H9F3N2O5. The van der Waals surface area contributed by atoms with Crippen LogP contribution in [0.2, 0.25) is 0 Å². The van der Waals surface area contributed by atoms with Gasteiger partial charge in [0.2, 0.25) is 0 Å². The van der Waals surface area contributed by atoms with Gasteiger partial charge in [0.1, 0.15) is 5.56 Å². The maximum Gasteiger partial charge on any atom is 0.423 e. The molecule has 0 aromatic heterocycles. The number of carbonyl (C=O) groups excluding carboxylic acids is 2. The van der Waals surface area contributed by atoms with E-state index in [0.29, 0.717) is 12.1 Å². The molecule has 0 saturated heterocycles. The third kappa shape index (κ3) is 4.16. The van der Waals surface area contributed by atoms with E-state index in [1.165, 1.54) is 6.92 Å². The van der Waals surface area contributed by atoms with Crippen molar-refractivity contribution >= 4 is 23.3 Å². The molecule has 0 radical (unpaired) electrons. The highest BCUT2D eigenvalue weighted by Gasteiger charge is 2.38. The highest BCUT2D eigenvalue weighted by Crippen LogP contribution is 2.37. The quantitative estimate of drug-likeness (QED) is 0.399. The Balaban J connectivity index is 3.09. The van der Waals surface area contributed by atoms with Gasteiger partial charge in [0.15, 0.2) is 0 Å². The summed E-state index contributed by atoms with van der Waals surface area (Å²) in [5, 5.41) is 12.4. The number of ether oxygens (including phenoxy) is 1. The van der Waals surface area contributed by atoms with E-state index >= 15 is 0 Å². The number of alkyl halides is 3. The SMILES string of the molecule is CCOC(=O)C(=O)Nc1ccc([N+](=O)[O-])c(C(F)(F)F)c1. The number of benzene rings is 1. The minimum Gasteiger partial charge on any atom is -0.459 e. The molecule has 1 rings (SSSR count). The van der Waals surface area contributed by atoms with Crippen LogP contribution in [0.3, 0.4) is 0 Å². The summed E-state index contributed by atoms with van der Waals surface area (Å²) in [4.78, 5) is 31.7. The Morgan fingerprint density at radius 3 is 2.48 bits per heavy atom. The number of nitro groups is 1. The number of amides is 1. The van der Waals surface area contributed by atoms with Crippen LogP contribution < -0.4 is 5.32 Å². The Kier molecular flexibility index (Phi) is 4.84. The van der Waals surface area contributed by atoms with Gasteiger partial charge in [0.05, 0.1) is 11.5 Å². The van der Waals surface area contributed by atoms with Crippen molar-refractivity contribution in [3.63, 3.8) is 0 Å². The molecule has 0 aliphatic rings. The molecule has 0 saturated carbocycles. The van der Waals surface area contributed by atoms with E-state index < -0.39 is 39.9 Å². The van der Waals surface area contributed by atoms with Crippen LogP contribution in [0.15, 0.2) is 18.2 Å². The first-order valence-corrected chi connectivity index (χ1v) is 5.50. The van der Waals surface area contributed by atoms with Crippen LogP contribution in [0.1, 0.15) is 12.5 Å². The third-order valence-corrected chi connectivity index (χ3v) is 2.22. The minimum atomic E-state index is -4.98. The Morgan fingerprint density at radius 2 is 2.00 bits per heavy atom. The first-order valence-electron chi connectivity index (χ1n) is 5.50. The number of carbonyl (C=O) groups is 2. The molecule has 0 unspecified atom stereocenters. The predicted octanol–water partition coefficient (Wildman–Crippen LogP) is 2.12. The molecule has 0 heterocycles. The fraction of sp³-hybridized carbons (Fsp3) is 0.273. The van der Waals surface area contributed by atoms with Crippen LogP contribution in [0.25, 0.3) is 0 Å². The molecule has 0 fully saturated rings. The molecule has 0 aliphatic carbocycles. The molecule has 10 heteroatoms. The zero-order valence-corrected chi connectivity index (χ0v) is 10.6. The second-order valence-electron chi connectivity index (χ2n) is 3.66. The fourth-order valence-electron chi connectivity index (χ4n) is 1.38. The minimum absolute atomic E-state index is 0.0830. The molecule has 1 aromatic rings. The van der Waals surface area contributed by atoms with Gasteiger partial charge in [-0.25, -0.2) is 4.79 Å². The van der Waals surface area contributed by atoms with Gasteiger partial charge in [-0.1, -0.05) is 0 Å². The normalized spacial score (nSPS) is 10.9. The van der Waals surface area contributed by atoms with E-state index in [9.17, 15) is 32.9 Å². The highest BCUT2D eigenvalue weighted by molar-refractivity contribution is 6.37. The number of nitrogens with zero attached hydrogens (tertiary/aromatic N) is 1. The third-order valence-electron chi connectivity index (χ3n) is 2.22. The van der Waals surface area contributed by atoms with Crippen LogP contribution in [0.5, 0.6) is 0 Å². The maximum atomic E-state index is 12.7. The molecule has 1 aromatic carbocycles. The van der Waals surface area contributed by atoms with Crippen molar-refractivity contribution in [2.24, 2.45) is 0 Å². The summed E-state index contributed by atoms with van der Waals surface area (Å²) in [5.41, 5.74) is -3.10. The van der Waals surface area contributed by atoms with Crippen molar-refractivity contribution < 1.29 is 32.4 Å². The molecule has 1 N–H and O–H groups in total. The van der Waals surface area contributed by atoms with E-state index in [-0.39, 0.29) is 6.61 Å². The standard InChI is InChI=1S/C11H9F3N2O5/c1-2-21-10(18)9(17)15-6-3-4-8(16(19)20)7(5-6)11(12,13)14/h3-5H,2H2,1H3,(H,15,17). The Morgan fingerprint density at radius 1 is 1.38 bits per heavy atom. The van der Waals surface area contributed by atoms with E-state index in [2.05, 4.69) is 4.74 Å². The first kappa shape index (κ1) is 16.4. The predicted molar refractivity (Wildman–Crippen MR) is 63.4 cm³/mol. The summed E-state index contributed by atoms with van der Waals surface area (Å²) in [5.74, 6) is -2.55. The van der Waals surface area contributed by atoms with Gasteiger partial charge in [0, 0.05) is 11.8 Å². The largest absolute Gasteiger partial charge is 0.459 e. The van der Waals surface area contributed by atoms with Gasteiger partial charge in [-0.05, 0) is 19.1 Å². The lowest BCUT2D eigenvalue weighted by molar-refractivity contribution is -0.388. The Hall–Kier alpha value is -2.65. The van der Waals surface area contributed by atoms with E-state index in [0.717, 1.165) is 6.07 Å². The van der Waals surface area contributed by atoms with Gasteiger partial charge in [-0.2, -0.15) is 13.2 Å². The van der Waals surface area contributed by atoms with Crippen LogP contribution in [-0.2, 0) is 20.5 Å². The van der Waals surface area contributed by atoms with Crippen molar-refractivity contribution in [2.45, 2.75) is 13.1 Å². The fourth-order valence-corrected chi connectivity index (χ4v) is 1.38. The summed E-state index contributed by atoms with van der Waals surface area (Å²) < 4.78 is 42.4. The molecule has 114 valence electrons. The van der Waals surface area contributed by atoms with Crippen molar-refractivity contribution in [3.05, 3.63) is 33.9 Å². The number of anilines is 1. The van der Waals surface area contributed by atoms with Crippen LogP contribution in [-0.4, -0.2) is 23.4 Å². The van der Waals surface area contributed by atoms with Crippen LogP contribution in [0.4, 0.5) is 24.5 Å².